The molecule has 0 saturated carbocycles. The van der Waals surface area contributed by atoms with E-state index in [1.807, 2.05) is 0 Å². The standard InChI is InChI=1S/C15H16F2N4O4S/c1-6-4-8(12(16)17)21(20-6)5-9(22)19-14-10(15(24)25-3)7(2)11(26-14)13(18)23/h4,12H,5H2,1-3H3,(H2,18,23)(H,19,22). The maximum absolute atomic E-state index is 13.0. The minimum atomic E-state index is -2.79. The lowest BCUT2D eigenvalue weighted by Gasteiger charge is -2.08. The molecule has 0 aliphatic heterocycles. The second-order valence-electron chi connectivity index (χ2n) is 5.33. The zero-order valence-electron chi connectivity index (χ0n) is 14.1. The van der Waals surface area contributed by atoms with Gasteiger partial charge in [0.2, 0.25) is 5.91 Å². The highest BCUT2D eigenvalue weighted by molar-refractivity contribution is 7.18. The van der Waals surface area contributed by atoms with Crippen molar-refractivity contribution in [2.45, 2.75) is 26.8 Å². The second kappa shape index (κ2) is 7.60. The van der Waals surface area contributed by atoms with Crippen LogP contribution in [0.3, 0.4) is 0 Å². The summed E-state index contributed by atoms with van der Waals surface area (Å²) in [5.41, 5.74) is 5.46. The number of carbonyl (C=O) groups is 3. The van der Waals surface area contributed by atoms with Gasteiger partial charge in [-0.05, 0) is 25.5 Å². The molecule has 0 spiro atoms. The van der Waals surface area contributed by atoms with Crippen molar-refractivity contribution in [3.63, 3.8) is 0 Å². The van der Waals surface area contributed by atoms with E-state index in [9.17, 15) is 23.2 Å². The molecule has 0 saturated heterocycles. The van der Waals surface area contributed by atoms with Gasteiger partial charge >= 0.3 is 5.97 Å². The normalized spacial score (nSPS) is 10.8. The number of methoxy groups -OCH3 is 1. The summed E-state index contributed by atoms with van der Waals surface area (Å²) in [7, 11) is 1.15. The molecule has 3 N–H and O–H groups in total. The van der Waals surface area contributed by atoms with Crippen LogP contribution in [0.25, 0.3) is 0 Å². The Morgan fingerprint density at radius 3 is 2.58 bits per heavy atom. The number of esters is 1. The van der Waals surface area contributed by atoms with Crippen LogP contribution in [0.4, 0.5) is 13.8 Å². The van der Waals surface area contributed by atoms with Crippen molar-refractivity contribution in [2.24, 2.45) is 5.73 Å². The molecular weight excluding hydrogens is 370 g/mol. The van der Waals surface area contributed by atoms with Crippen LogP contribution in [0.15, 0.2) is 6.07 Å². The molecule has 0 bridgehead atoms. The van der Waals surface area contributed by atoms with Crippen LogP contribution < -0.4 is 11.1 Å². The van der Waals surface area contributed by atoms with Gasteiger partial charge < -0.3 is 15.8 Å². The zero-order valence-corrected chi connectivity index (χ0v) is 14.9. The Kier molecular flexibility index (Phi) is 5.70. The minimum absolute atomic E-state index is 0.00891. The lowest BCUT2D eigenvalue weighted by molar-refractivity contribution is -0.117. The molecule has 8 nitrogen and oxygen atoms in total. The third-order valence-corrected chi connectivity index (χ3v) is 4.69. The van der Waals surface area contributed by atoms with Gasteiger partial charge in [0.25, 0.3) is 12.3 Å². The van der Waals surface area contributed by atoms with Crippen LogP contribution >= 0.6 is 11.3 Å². The summed E-state index contributed by atoms with van der Waals surface area (Å²) in [6, 6.07) is 1.18. The number of hydrogen-bond acceptors (Lipinski definition) is 6. The van der Waals surface area contributed by atoms with Crippen molar-refractivity contribution in [1.82, 2.24) is 9.78 Å². The SMILES string of the molecule is COC(=O)c1c(NC(=O)Cn2nc(C)cc2C(F)F)sc(C(N)=O)c1C. The molecule has 140 valence electrons. The average Bonchev–Trinajstić information content (AvgIpc) is 3.06. The van der Waals surface area contributed by atoms with Crippen molar-refractivity contribution in [2.75, 3.05) is 12.4 Å². The van der Waals surface area contributed by atoms with Gasteiger partial charge in [0.05, 0.1) is 23.2 Å². The van der Waals surface area contributed by atoms with Crippen molar-refractivity contribution in [1.29, 1.82) is 0 Å². The van der Waals surface area contributed by atoms with Crippen molar-refractivity contribution in [3.8, 4) is 0 Å². The molecule has 11 heteroatoms. The monoisotopic (exact) mass is 386 g/mol. The van der Waals surface area contributed by atoms with Crippen molar-refractivity contribution in [3.05, 3.63) is 33.5 Å². The number of anilines is 1. The number of alkyl halides is 2. The van der Waals surface area contributed by atoms with Gasteiger partial charge in [-0.3, -0.25) is 14.3 Å². The topological polar surface area (TPSA) is 116 Å². The fourth-order valence-corrected chi connectivity index (χ4v) is 3.42. The first-order valence-electron chi connectivity index (χ1n) is 7.29. The van der Waals surface area contributed by atoms with E-state index in [2.05, 4.69) is 15.2 Å². The molecule has 0 aromatic carbocycles. The molecule has 2 amide bonds. The lowest BCUT2D eigenvalue weighted by Crippen LogP contribution is -2.21. The summed E-state index contributed by atoms with van der Waals surface area (Å²) >= 11 is 0.807. The number of halogens is 2. The van der Waals surface area contributed by atoms with Crippen LogP contribution in [0.1, 0.15) is 43.4 Å². The molecule has 0 atom stereocenters. The third kappa shape index (κ3) is 3.87. The third-order valence-electron chi connectivity index (χ3n) is 3.46. The molecule has 26 heavy (non-hydrogen) atoms. The molecule has 0 radical (unpaired) electrons. The van der Waals surface area contributed by atoms with Crippen LogP contribution in [-0.4, -0.2) is 34.7 Å². The van der Waals surface area contributed by atoms with Gasteiger partial charge in [0.1, 0.15) is 17.2 Å². The van der Waals surface area contributed by atoms with E-state index >= 15 is 0 Å². The van der Waals surface area contributed by atoms with E-state index in [4.69, 9.17) is 5.73 Å². The Bertz CT molecular complexity index is 875. The van der Waals surface area contributed by atoms with Gasteiger partial charge in [-0.25, -0.2) is 13.6 Å². The maximum atomic E-state index is 13.0. The average molecular weight is 386 g/mol. The summed E-state index contributed by atoms with van der Waals surface area (Å²) in [4.78, 5) is 35.7. The Labute approximate surface area is 150 Å². The summed E-state index contributed by atoms with van der Waals surface area (Å²) in [5.74, 6) is -2.22. The molecule has 2 aromatic heterocycles. The molecule has 0 aliphatic carbocycles. The van der Waals surface area contributed by atoms with E-state index in [-0.39, 0.29) is 21.0 Å². The molecule has 2 aromatic rings. The van der Waals surface area contributed by atoms with Crippen LogP contribution in [0.5, 0.6) is 0 Å². The molecule has 2 rings (SSSR count). The van der Waals surface area contributed by atoms with Crippen molar-refractivity contribution >= 4 is 34.1 Å². The van der Waals surface area contributed by atoms with Crippen molar-refractivity contribution < 1.29 is 27.9 Å². The Morgan fingerprint density at radius 2 is 2.04 bits per heavy atom. The minimum Gasteiger partial charge on any atom is -0.465 e. The predicted molar refractivity (Wildman–Crippen MR) is 89.5 cm³/mol. The fourth-order valence-electron chi connectivity index (χ4n) is 2.35. The van der Waals surface area contributed by atoms with Crippen LogP contribution in [-0.2, 0) is 16.1 Å². The summed E-state index contributed by atoms with van der Waals surface area (Å²) in [5, 5.41) is 6.33. The number of nitrogens with zero attached hydrogens (tertiary/aromatic N) is 2. The first-order chi connectivity index (χ1) is 12.1. The highest BCUT2D eigenvalue weighted by Gasteiger charge is 2.26. The first-order valence-corrected chi connectivity index (χ1v) is 8.11. The highest BCUT2D eigenvalue weighted by atomic mass is 32.1. The van der Waals surface area contributed by atoms with Gasteiger partial charge in [-0.1, -0.05) is 0 Å². The van der Waals surface area contributed by atoms with E-state index < -0.39 is 36.4 Å². The fraction of sp³-hybridized carbons (Fsp3) is 0.333. The molecule has 0 fully saturated rings. The number of primary amides is 1. The lowest BCUT2D eigenvalue weighted by atomic mass is 10.1. The van der Waals surface area contributed by atoms with Crippen LogP contribution in [0.2, 0.25) is 0 Å². The van der Waals surface area contributed by atoms with E-state index in [1.54, 1.807) is 0 Å². The molecule has 2 heterocycles. The maximum Gasteiger partial charge on any atom is 0.341 e. The number of aryl methyl sites for hydroxylation is 1. The highest BCUT2D eigenvalue weighted by Crippen LogP contribution is 2.33. The zero-order chi connectivity index (χ0) is 19.6. The smallest absolute Gasteiger partial charge is 0.341 e. The summed E-state index contributed by atoms with van der Waals surface area (Å²) < 4.78 is 31.5. The van der Waals surface area contributed by atoms with E-state index in [1.165, 1.54) is 19.9 Å². The number of ether oxygens (including phenoxy) is 1. The summed E-state index contributed by atoms with van der Waals surface area (Å²) in [6.45, 7) is 2.53. The first kappa shape index (κ1) is 19.5. The molecule has 0 unspecified atom stereocenters. The van der Waals surface area contributed by atoms with Gasteiger partial charge in [-0.15, -0.1) is 11.3 Å². The number of thiophene rings is 1. The van der Waals surface area contributed by atoms with Gasteiger partial charge in [-0.2, -0.15) is 5.10 Å². The van der Waals surface area contributed by atoms with E-state index in [0.717, 1.165) is 23.1 Å². The van der Waals surface area contributed by atoms with Gasteiger partial charge in [0, 0.05) is 0 Å². The Balaban J connectivity index is 2.30. The number of amides is 2. The molecule has 0 aliphatic rings. The number of nitrogens with two attached hydrogens (primary N) is 1. The predicted octanol–water partition coefficient (Wildman–Crippen LogP) is 2.02. The van der Waals surface area contributed by atoms with Gasteiger partial charge in [0.15, 0.2) is 0 Å². The Hall–Kier alpha value is -2.82. The summed E-state index contributed by atoms with van der Waals surface area (Å²) in [6.07, 6.45) is -2.79. The number of rotatable bonds is 6. The number of hydrogen-bond donors (Lipinski definition) is 2. The number of nitrogens with one attached hydrogen (secondary N) is 1. The number of aromatic nitrogens is 2. The Morgan fingerprint density at radius 1 is 1.38 bits per heavy atom. The quantitative estimate of drug-likeness (QED) is 0.737. The number of carbonyl (C=O) groups excluding carboxylic acids is 3. The molecular formula is C15H16F2N4O4S. The van der Waals surface area contributed by atoms with E-state index in [0.29, 0.717) is 5.69 Å². The van der Waals surface area contributed by atoms with Crippen LogP contribution in [0, 0.1) is 13.8 Å². The second-order valence-corrected chi connectivity index (χ2v) is 6.35. The largest absolute Gasteiger partial charge is 0.465 e.